The van der Waals surface area contributed by atoms with Gasteiger partial charge in [0.1, 0.15) is 6.07 Å². The predicted molar refractivity (Wildman–Crippen MR) is 56.3 cm³/mol. The number of nitrogens with zero attached hydrogens (tertiary/aromatic N) is 3. The number of halogens is 3. The fraction of sp³-hybridized carbons (Fsp3) is 0. The third-order valence-corrected chi connectivity index (χ3v) is 2.09. The molecule has 0 saturated carbocycles. The number of nitrogens with one attached hydrogen (secondary N) is 1. The predicted octanol–water partition coefficient (Wildman–Crippen LogP) is 2.51. The van der Waals surface area contributed by atoms with E-state index < -0.39 is 17.5 Å². The smallest absolute Gasteiger partial charge is 0.194 e. The number of rotatable bonds is 2. The molecular weight excluding hydrogens is 245 g/mol. The van der Waals surface area contributed by atoms with Crippen molar-refractivity contribution >= 4 is 11.5 Å². The number of aromatic nitrogens is 2. The number of hydrogen-bond acceptors (Lipinski definition) is 4. The van der Waals surface area contributed by atoms with E-state index in [-0.39, 0.29) is 17.1 Å². The summed E-state index contributed by atoms with van der Waals surface area (Å²) < 4.78 is 38.7. The zero-order valence-corrected chi connectivity index (χ0v) is 8.78. The zero-order chi connectivity index (χ0) is 13.1. The topological polar surface area (TPSA) is 61.6 Å². The molecule has 2 aromatic rings. The van der Waals surface area contributed by atoms with Gasteiger partial charge in [-0.1, -0.05) is 0 Å². The molecule has 7 heteroatoms. The van der Waals surface area contributed by atoms with Crippen molar-refractivity contribution in [1.29, 1.82) is 5.26 Å². The lowest BCUT2D eigenvalue weighted by Gasteiger charge is -2.06. The van der Waals surface area contributed by atoms with E-state index in [1.807, 2.05) is 6.07 Å². The summed E-state index contributed by atoms with van der Waals surface area (Å²) in [6.07, 6.45) is 1.30. The maximum absolute atomic E-state index is 13.0. The number of anilines is 2. The Labute approximate surface area is 99.7 Å². The molecule has 0 radical (unpaired) electrons. The van der Waals surface area contributed by atoms with Gasteiger partial charge in [-0.25, -0.2) is 13.2 Å². The summed E-state index contributed by atoms with van der Waals surface area (Å²) >= 11 is 0. The molecule has 0 aliphatic heterocycles. The van der Waals surface area contributed by atoms with Crippen molar-refractivity contribution in [2.45, 2.75) is 0 Å². The Hall–Kier alpha value is -2.62. The van der Waals surface area contributed by atoms with Gasteiger partial charge in [0.05, 0.1) is 11.8 Å². The number of benzene rings is 1. The summed E-state index contributed by atoms with van der Waals surface area (Å²) in [5.41, 5.74) is 0.0820. The van der Waals surface area contributed by atoms with Crippen molar-refractivity contribution < 1.29 is 13.2 Å². The second-order valence-corrected chi connectivity index (χ2v) is 3.28. The van der Waals surface area contributed by atoms with Crippen LogP contribution in [0.5, 0.6) is 0 Å². The van der Waals surface area contributed by atoms with E-state index in [9.17, 15) is 13.2 Å². The highest BCUT2D eigenvalue weighted by molar-refractivity contribution is 5.61. The minimum atomic E-state index is -1.56. The second-order valence-electron chi connectivity index (χ2n) is 3.28. The number of hydrogen-bond donors (Lipinski definition) is 1. The van der Waals surface area contributed by atoms with Gasteiger partial charge in [0, 0.05) is 17.8 Å². The molecule has 0 fully saturated rings. The molecule has 0 atom stereocenters. The molecule has 4 nitrogen and oxygen atoms in total. The van der Waals surface area contributed by atoms with Crippen molar-refractivity contribution in [3.8, 4) is 6.07 Å². The molecule has 0 bridgehead atoms. The molecular formula is C11H5F3N4. The van der Waals surface area contributed by atoms with Crippen LogP contribution in [-0.2, 0) is 0 Å². The molecule has 0 spiro atoms. The maximum atomic E-state index is 13.0. The van der Waals surface area contributed by atoms with Gasteiger partial charge in [-0.3, -0.25) is 0 Å². The Balaban J connectivity index is 2.38. The van der Waals surface area contributed by atoms with Crippen LogP contribution in [0.15, 0.2) is 24.4 Å². The SMILES string of the molecule is N#Cc1ccnnc1Nc1cc(F)c(F)c(F)c1. The van der Waals surface area contributed by atoms with E-state index in [4.69, 9.17) is 5.26 Å². The van der Waals surface area contributed by atoms with Crippen LogP contribution >= 0.6 is 0 Å². The standard InChI is InChI=1S/C11H5F3N4/c12-8-3-7(4-9(13)10(8)14)17-11-6(5-15)1-2-16-18-11/h1-4H,(H,17,18). The Morgan fingerprint density at radius 3 is 2.44 bits per heavy atom. The van der Waals surface area contributed by atoms with Crippen LogP contribution in [0.3, 0.4) is 0 Å². The fourth-order valence-electron chi connectivity index (χ4n) is 1.28. The molecule has 0 amide bonds. The lowest BCUT2D eigenvalue weighted by atomic mass is 10.2. The normalized spacial score (nSPS) is 9.89. The maximum Gasteiger partial charge on any atom is 0.194 e. The Kier molecular flexibility index (Phi) is 3.10. The van der Waals surface area contributed by atoms with Crippen LogP contribution in [-0.4, -0.2) is 10.2 Å². The highest BCUT2D eigenvalue weighted by Gasteiger charge is 2.12. The van der Waals surface area contributed by atoms with E-state index in [0.717, 1.165) is 12.1 Å². The molecule has 1 aromatic carbocycles. The van der Waals surface area contributed by atoms with Crippen molar-refractivity contribution in [3.63, 3.8) is 0 Å². The third kappa shape index (κ3) is 2.22. The van der Waals surface area contributed by atoms with Gasteiger partial charge in [-0.15, -0.1) is 5.10 Å². The van der Waals surface area contributed by atoms with Gasteiger partial charge in [0.25, 0.3) is 0 Å². The largest absolute Gasteiger partial charge is 0.337 e. The lowest BCUT2D eigenvalue weighted by Crippen LogP contribution is -2.00. The first-order chi connectivity index (χ1) is 8.61. The molecule has 0 aliphatic carbocycles. The third-order valence-electron chi connectivity index (χ3n) is 2.09. The van der Waals surface area contributed by atoms with Crippen LogP contribution < -0.4 is 5.32 Å². The van der Waals surface area contributed by atoms with Crippen molar-refractivity contribution in [1.82, 2.24) is 10.2 Å². The first kappa shape index (κ1) is 11.9. The molecule has 0 saturated heterocycles. The molecule has 2 rings (SSSR count). The molecule has 18 heavy (non-hydrogen) atoms. The summed E-state index contributed by atoms with van der Waals surface area (Å²) in [6, 6.07) is 4.73. The Bertz CT molecular complexity index is 613. The Morgan fingerprint density at radius 2 is 1.83 bits per heavy atom. The van der Waals surface area contributed by atoms with E-state index in [0.29, 0.717) is 0 Å². The van der Waals surface area contributed by atoms with Gasteiger partial charge >= 0.3 is 0 Å². The summed E-state index contributed by atoms with van der Waals surface area (Å²) in [4.78, 5) is 0. The van der Waals surface area contributed by atoms with Crippen molar-refractivity contribution in [3.05, 3.63) is 47.4 Å². The van der Waals surface area contributed by atoms with Crippen LogP contribution in [0.4, 0.5) is 24.7 Å². The number of nitriles is 1. The van der Waals surface area contributed by atoms with Crippen LogP contribution in [0, 0.1) is 28.8 Å². The van der Waals surface area contributed by atoms with Gasteiger partial charge in [-0.2, -0.15) is 10.4 Å². The lowest BCUT2D eigenvalue weighted by molar-refractivity contribution is 0.448. The first-order valence-electron chi connectivity index (χ1n) is 4.75. The highest BCUT2D eigenvalue weighted by Crippen LogP contribution is 2.21. The van der Waals surface area contributed by atoms with Crippen molar-refractivity contribution in [2.75, 3.05) is 5.32 Å². The fourth-order valence-corrected chi connectivity index (χ4v) is 1.28. The minimum absolute atomic E-state index is 0.0328. The molecule has 1 N–H and O–H groups in total. The van der Waals surface area contributed by atoms with Crippen LogP contribution in [0.25, 0.3) is 0 Å². The quantitative estimate of drug-likeness (QED) is 0.832. The second kappa shape index (κ2) is 4.71. The molecule has 1 aromatic heterocycles. The Morgan fingerprint density at radius 1 is 1.17 bits per heavy atom. The summed E-state index contributed by atoms with van der Waals surface area (Å²) in [5, 5.41) is 18.4. The minimum Gasteiger partial charge on any atom is -0.337 e. The monoisotopic (exact) mass is 250 g/mol. The summed E-state index contributed by atoms with van der Waals surface area (Å²) in [5.74, 6) is -4.19. The van der Waals surface area contributed by atoms with Crippen LogP contribution in [0.2, 0.25) is 0 Å². The van der Waals surface area contributed by atoms with E-state index in [1.54, 1.807) is 0 Å². The molecule has 0 aliphatic rings. The van der Waals surface area contributed by atoms with E-state index in [2.05, 4.69) is 15.5 Å². The average Bonchev–Trinajstić information content (AvgIpc) is 2.36. The van der Waals surface area contributed by atoms with Gasteiger partial charge in [0.2, 0.25) is 0 Å². The van der Waals surface area contributed by atoms with Crippen LogP contribution in [0.1, 0.15) is 5.56 Å². The highest BCUT2D eigenvalue weighted by atomic mass is 19.2. The summed E-state index contributed by atoms with van der Waals surface area (Å²) in [6.45, 7) is 0. The molecule has 90 valence electrons. The van der Waals surface area contributed by atoms with Gasteiger partial charge in [-0.05, 0) is 6.07 Å². The zero-order valence-electron chi connectivity index (χ0n) is 8.78. The van der Waals surface area contributed by atoms with Gasteiger partial charge in [0.15, 0.2) is 23.3 Å². The van der Waals surface area contributed by atoms with Crippen molar-refractivity contribution in [2.24, 2.45) is 0 Å². The van der Waals surface area contributed by atoms with Gasteiger partial charge < -0.3 is 5.32 Å². The first-order valence-corrected chi connectivity index (χ1v) is 4.75. The summed E-state index contributed by atoms with van der Waals surface area (Å²) in [7, 11) is 0. The molecule has 1 heterocycles. The van der Waals surface area contributed by atoms with E-state index >= 15 is 0 Å². The average molecular weight is 250 g/mol. The molecule has 0 unspecified atom stereocenters. The van der Waals surface area contributed by atoms with E-state index in [1.165, 1.54) is 12.3 Å².